The minimum atomic E-state index is -0.184. The molecule has 1 aromatic rings. The minimum absolute atomic E-state index is 0.109. The average Bonchev–Trinajstić information content (AvgIpc) is 3.09. The van der Waals surface area contributed by atoms with E-state index in [4.69, 9.17) is 25.8 Å². The van der Waals surface area contributed by atoms with E-state index in [1.54, 1.807) is 20.3 Å². The van der Waals surface area contributed by atoms with Gasteiger partial charge in [-0.3, -0.25) is 4.79 Å². The third-order valence-electron chi connectivity index (χ3n) is 5.59. The van der Waals surface area contributed by atoms with E-state index in [1.807, 2.05) is 6.07 Å². The largest absolute Gasteiger partial charge is 0.493 e. The fourth-order valence-corrected chi connectivity index (χ4v) is 4.67. The molecule has 2 fully saturated rings. The molecule has 0 bridgehead atoms. The summed E-state index contributed by atoms with van der Waals surface area (Å²) in [4.78, 5) is 12.4. The molecule has 0 unspecified atom stereocenters. The van der Waals surface area contributed by atoms with Crippen LogP contribution in [-0.4, -0.2) is 32.3 Å². The third-order valence-corrected chi connectivity index (χ3v) is 5.81. The molecular formula is C21H30ClNO4. The summed E-state index contributed by atoms with van der Waals surface area (Å²) in [5.74, 6) is 2.09. The van der Waals surface area contributed by atoms with Crippen molar-refractivity contribution in [1.82, 2.24) is 5.32 Å². The zero-order valence-electron chi connectivity index (χ0n) is 16.6. The number of fused-ring (bicyclic) bond motifs is 1. The lowest BCUT2D eigenvalue weighted by Crippen LogP contribution is -2.48. The molecule has 0 spiro atoms. The molecule has 3 rings (SSSR count). The Balaban J connectivity index is 1.86. The number of nitrogens with one attached hydrogen (secondary N) is 1. The predicted molar refractivity (Wildman–Crippen MR) is 106 cm³/mol. The summed E-state index contributed by atoms with van der Waals surface area (Å²) < 4.78 is 17.5. The van der Waals surface area contributed by atoms with Gasteiger partial charge in [-0.05, 0) is 31.2 Å². The van der Waals surface area contributed by atoms with E-state index in [9.17, 15) is 4.79 Å². The number of carbonyl (C=O) groups excluding carboxylic acids is 1. The first kappa shape index (κ1) is 20.3. The van der Waals surface area contributed by atoms with Crippen LogP contribution in [0.15, 0.2) is 12.1 Å². The van der Waals surface area contributed by atoms with Gasteiger partial charge in [0, 0.05) is 35.0 Å². The van der Waals surface area contributed by atoms with Crippen molar-refractivity contribution >= 4 is 17.5 Å². The average molecular weight is 396 g/mol. The van der Waals surface area contributed by atoms with E-state index in [0.29, 0.717) is 41.2 Å². The smallest absolute Gasteiger partial charge is 0.220 e. The van der Waals surface area contributed by atoms with Gasteiger partial charge in [0.15, 0.2) is 11.5 Å². The summed E-state index contributed by atoms with van der Waals surface area (Å²) in [6.45, 7) is 4.13. The Hall–Kier alpha value is -1.46. The van der Waals surface area contributed by atoms with Crippen LogP contribution in [0.1, 0.15) is 57.6 Å². The number of carbonyl (C=O) groups is 1. The Morgan fingerprint density at radius 1 is 1.30 bits per heavy atom. The molecule has 2 aliphatic rings. The number of ether oxygens (including phenoxy) is 3. The number of hydrogen-bond acceptors (Lipinski definition) is 4. The van der Waals surface area contributed by atoms with E-state index in [-0.39, 0.29) is 24.2 Å². The van der Waals surface area contributed by atoms with Crippen LogP contribution >= 0.6 is 11.6 Å². The molecule has 0 aromatic heterocycles. The highest BCUT2D eigenvalue weighted by Gasteiger charge is 2.43. The minimum Gasteiger partial charge on any atom is -0.493 e. The first-order valence-electron chi connectivity index (χ1n) is 9.79. The Labute approximate surface area is 166 Å². The summed E-state index contributed by atoms with van der Waals surface area (Å²) in [6, 6.07) is 3.74. The van der Waals surface area contributed by atoms with Crippen molar-refractivity contribution in [2.75, 3.05) is 14.2 Å². The predicted octanol–water partition coefficient (Wildman–Crippen LogP) is 4.52. The molecule has 1 aliphatic carbocycles. The Morgan fingerprint density at radius 2 is 2.07 bits per heavy atom. The van der Waals surface area contributed by atoms with E-state index >= 15 is 0 Å². The zero-order chi connectivity index (χ0) is 19.6. The fourth-order valence-electron chi connectivity index (χ4n) is 4.46. The van der Waals surface area contributed by atoms with Crippen molar-refractivity contribution in [3.63, 3.8) is 0 Å². The topological polar surface area (TPSA) is 56.8 Å². The van der Waals surface area contributed by atoms with Gasteiger partial charge in [0.1, 0.15) is 0 Å². The molecule has 1 aromatic carbocycles. The Bertz CT molecular complexity index is 678. The zero-order valence-corrected chi connectivity index (χ0v) is 17.3. The standard InChI is InChI=1S/C21H30ClNO4/c1-12(2)8-20(24)23-16-11-18(27-17-7-5-6-14(16)17)15-9-13(22)10-19(25-3)21(15)26-4/h9-10,12,14,16-18H,5-8,11H2,1-4H3,(H,23,24)/t14-,16+,17+,18+/m0/s1. The highest BCUT2D eigenvalue weighted by molar-refractivity contribution is 6.30. The monoisotopic (exact) mass is 395 g/mol. The molecular weight excluding hydrogens is 366 g/mol. The molecule has 4 atom stereocenters. The molecule has 1 heterocycles. The molecule has 0 radical (unpaired) electrons. The van der Waals surface area contributed by atoms with Crippen LogP contribution in [0.5, 0.6) is 11.5 Å². The van der Waals surface area contributed by atoms with E-state index < -0.39 is 0 Å². The third kappa shape index (κ3) is 4.52. The van der Waals surface area contributed by atoms with Gasteiger partial charge in [0.2, 0.25) is 5.91 Å². The van der Waals surface area contributed by atoms with E-state index in [2.05, 4.69) is 19.2 Å². The fraction of sp³-hybridized carbons (Fsp3) is 0.667. The number of methoxy groups -OCH3 is 2. The lowest BCUT2D eigenvalue weighted by atomic mass is 9.85. The highest BCUT2D eigenvalue weighted by atomic mass is 35.5. The Kier molecular flexibility index (Phi) is 6.53. The van der Waals surface area contributed by atoms with Gasteiger partial charge in [-0.15, -0.1) is 0 Å². The summed E-state index contributed by atoms with van der Waals surface area (Å²) in [5, 5.41) is 3.86. The van der Waals surface area contributed by atoms with E-state index in [0.717, 1.165) is 24.8 Å². The van der Waals surface area contributed by atoms with Crippen LogP contribution in [0.2, 0.25) is 5.02 Å². The molecule has 27 heavy (non-hydrogen) atoms. The normalized spacial score (nSPS) is 27.3. The van der Waals surface area contributed by atoms with Crippen molar-refractivity contribution in [1.29, 1.82) is 0 Å². The SMILES string of the molecule is COc1cc(Cl)cc([C@H]2C[C@@H](NC(=O)CC(C)C)[C@@H]3CCC[C@H]3O2)c1OC. The van der Waals surface area contributed by atoms with Crippen LogP contribution in [0, 0.1) is 11.8 Å². The van der Waals surface area contributed by atoms with Gasteiger partial charge in [-0.2, -0.15) is 0 Å². The van der Waals surface area contributed by atoms with Gasteiger partial charge < -0.3 is 19.5 Å². The molecule has 1 N–H and O–H groups in total. The van der Waals surface area contributed by atoms with Crippen LogP contribution in [-0.2, 0) is 9.53 Å². The number of amides is 1. The van der Waals surface area contributed by atoms with Crippen molar-refractivity contribution < 1.29 is 19.0 Å². The lowest BCUT2D eigenvalue weighted by Gasteiger charge is -2.40. The van der Waals surface area contributed by atoms with Crippen molar-refractivity contribution in [3.05, 3.63) is 22.7 Å². The maximum Gasteiger partial charge on any atom is 0.220 e. The summed E-state index contributed by atoms with van der Waals surface area (Å²) in [7, 11) is 3.22. The number of rotatable bonds is 6. The second-order valence-electron chi connectivity index (χ2n) is 8.00. The molecule has 1 saturated carbocycles. The van der Waals surface area contributed by atoms with Gasteiger partial charge in [0.25, 0.3) is 0 Å². The second kappa shape index (κ2) is 8.70. The van der Waals surface area contributed by atoms with E-state index in [1.165, 1.54) is 0 Å². The highest BCUT2D eigenvalue weighted by Crippen LogP contribution is 2.47. The van der Waals surface area contributed by atoms with Gasteiger partial charge in [-0.1, -0.05) is 31.9 Å². The molecule has 5 nitrogen and oxygen atoms in total. The van der Waals surface area contributed by atoms with Gasteiger partial charge in [0.05, 0.1) is 26.4 Å². The second-order valence-corrected chi connectivity index (χ2v) is 8.43. The van der Waals surface area contributed by atoms with Crippen molar-refractivity contribution in [2.24, 2.45) is 11.8 Å². The quantitative estimate of drug-likeness (QED) is 0.769. The van der Waals surface area contributed by atoms with Gasteiger partial charge >= 0.3 is 0 Å². The number of halogens is 1. The Morgan fingerprint density at radius 3 is 2.74 bits per heavy atom. The molecule has 150 valence electrons. The molecule has 6 heteroatoms. The number of hydrogen-bond donors (Lipinski definition) is 1. The van der Waals surface area contributed by atoms with Crippen molar-refractivity contribution in [3.8, 4) is 11.5 Å². The maximum absolute atomic E-state index is 12.4. The first-order valence-corrected chi connectivity index (χ1v) is 10.2. The maximum atomic E-state index is 12.4. The van der Waals surface area contributed by atoms with Crippen LogP contribution in [0.4, 0.5) is 0 Å². The summed E-state index contributed by atoms with van der Waals surface area (Å²) in [6.07, 6.45) is 4.49. The van der Waals surface area contributed by atoms with Crippen LogP contribution < -0.4 is 14.8 Å². The molecule has 1 amide bonds. The van der Waals surface area contributed by atoms with Crippen LogP contribution in [0.3, 0.4) is 0 Å². The summed E-state index contributed by atoms with van der Waals surface area (Å²) in [5.41, 5.74) is 0.885. The first-order chi connectivity index (χ1) is 12.9. The van der Waals surface area contributed by atoms with Crippen molar-refractivity contribution in [2.45, 2.75) is 64.2 Å². The van der Waals surface area contributed by atoms with Gasteiger partial charge in [-0.25, -0.2) is 0 Å². The lowest BCUT2D eigenvalue weighted by molar-refractivity contribution is -0.127. The molecule has 1 aliphatic heterocycles. The van der Waals surface area contributed by atoms with Crippen LogP contribution in [0.25, 0.3) is 0 Å². The molecule has 1 saturated heterocycles. The summed E-state index contributed by atoms with van der Waals surface area (Å²) >= 11 is 6.31. The number of benzene rings is 1.